The molecule has 0 saturated heterocycles. The van der Waals surface area contributed by atoms with E-state index in [9.17, 15) is 0 Å². The Morgan fingerprint density at radius 1 is 1.29 bits per heavy atom. The van der Waals surface area contributed by atoms with E-state index in [1.807, 2.05) is 6.92 Å². The largest absolute Gasteiger partial charge is 0.376 e. The SMILES string of the molecule is Cc1nc2c(c(C(C)C)n1)COCC2. The molecule has 1 aliphatic rings. The Kier molecular flexibility index (Phi) is 2.50. The van der Waals surface area contributed by atoms with Gasteiger partial charge in [0.1, 0.15) is 5.82 Å². The highest BCUT2D eigenvalue weighted by Gasteiger charge is 2.18. The standard InChI is InChI=1S/C11H16N2O/c1-7(2)11-9-6-14-5-4-10(9)12-8(3)13-11/h7H,4-6H2,1-3H3. The van der Waals surface area contributed by atoms with Gasteiger partial charge in [-0.2, -0.15) is 0 Å². The molecule has 0 N–H and O–H groups in total. The molecule has 1 aromatic heterocycles. The van der Waals surface area contributed by atoms with Gasteiger partial charge in [0, 0.05) is 12.0 Å². The zero-order valence-corrected chi connectivity index (χ0v) is 9.00. The van der Waals surface area contributed by atoms with Crippen molar-refractivity contribution in [2.75, 3.05) is 6.61 Å². The van der Waals surface area contributed by atoms with Gasteiger partial charge in [-0.05, 0) is 12.8 Å². The smallest absolute Gasteiger partial charge is 0.125 e. The maximum atomic E-state index is 5.45. The minimum atomic E-state index is 0.451. The normalized spacial score (nSPS) is 15.7. The van der Waals surface area contributed by atoms with Gasteiger partial charge in [0.05, 0.1) is 24.6 Å². The van der Waals surface area contributed by atoms with Gasteiger partial charge in [-0.25, -0.2) is 9.97 Å². The second-order valence-electron chi connectivity index (χ2n) is 4.04. The van der Waals surface area contributed by atoms with Gasteiger partial charge < -0.3 is 4.74 Å². The maximum Gasteiger partial charge on any atom is 0.125 e. The lowest BCUT2D eigenvalue weighted by molar-refractivity contribution is 0.107. The summed E-state index contributed by atoms with van der Waals surface area (Å²) < 4.78 is 5.45. The molecule has 0 fully saturated rings. The highest BCUT2D eigenvalue weighted by Crippen LogP contribution is 2.23. The molecular weight excluding hydrogens is 176 g/mol. The minimum absolute atomic E-state index is 0.451. The van der Waals surface area contributed by atoms with E-state index in [0.717, 1.165) is 24.5 Å². The Bertz CT molecular complexity index is 347. The Labute approximate surface area is 84.5 Å². The second kappa shape index (κ2) is 3.65. The monoisotopic (exact) mass is 192 g/mol. The summed E-state index contributed by atoms with van der Waals surface area (Å²) in [7, 11) is 0. The maximum absolute atomic E-state index is 5.45. The molecule has 76 valence electrons. The van der Waals surface area contributed by atoms with Crippen LogP contribution in [0.3, 0.4) is 0 Å². The second-order valence-corrected chi connectivity index (χ2v) is 4.04. The molecule has 0 aliphatic carbocycles. The minimum Gasteiger partial charge on any atom is -0.376 e. The van der Waals surface area contributed by atoms with E-state index in [2.05, 4.69) is 23.8 Å². The summed E-state index contributed by atoms with van der Waals surface area (Å²) in [6, 6.07) is 0. The molecule has 2 heterocycles. The molecule has 3 nitrogen and oxygen atoms in total. The van der Waals surface area contributed by atoms with Crippen molar-refractivity contribution in [3.05, 3.63) is 22.8 Å². The zero-order valence-electron chi connectivity index (χ0n) is 9.00. The van der Waals surface area contributed by atoms with Crippen molar-refractivity contribution in [3.8, 4) is 0 Å². The first-order valence-electron chi connectivity index (χ1n) is 5.12. The number of hydrogen-bond acceptors (Lipinski definition) is 3. The van der Waals surface area contributed by atoms with Crippen molar-refractivity contribution >= 4 is 0 Å². The highest BCUT2D eigenvalue weighted by molar-refractivity contribution is 5.29. The summed E-state index contributed by atoms with van der Waals surface area (Å²) in [6.07, 6.45) is 0.929. The summed E-state index contributed by atoms with van der Waals surface area (Å²) in [6.45, 7) is 7.76. The molecule has 0 bridgehead atoms. The van der Waals surface area contributed by atoms with Crippen molar-refractivity contribution in [2.45, 2.75) is 39.7 Å². The molecule has 3 heteroatoms. The predicted octanol–water partition coefficient (Wildman–Crippen LogP) is 1.98. The fourth-order valence-electron chi connectivity index (χ4n) is 1.86. The predicted molar refractivity (Wildman–Crippen MR) is 54.2 cm³/mol. The van der Waals surface area contributed by atoms with E-state index >= 15 is 0 Å². The van der Waals surface area contributed by atoms with Crippen LogP contribution in [0.4, 0.5) is 0 Å². The quantitative estimate of drug-likeness (QED) is 0.682. The molecule has 0 saturated carbocycles. The van der Waals surface area contributed by atoms with E-state index in [1.54, 1.807) is 0 Å². The molecule has 2 rings (SSSR count). The number of ether oxygens (including phenoxy) is 1. The first-order valence-corrected chi connectivity index (χ1v) is 5.12. The zero-order chi connectivity index (χ0) is 10.1. The van der Waals surface area contributed by atoms with Crippen LogP contribution in [-0.4, -0.2) is 16.6 Å². The van der Waals surface area contributed by atoms with Gasteiger partial charge >= 0.3 is 0 Å². The lowest BCUT2D eigenvalue weighted by atomic mass is 10.0. The van der Waals surface area contributed by atoms with Crippen LogP contribution >= 0.6 is 0 Å². The topological polar surface area (TPSA) is 35.0 Å². The van der Waals surface area contributed by atoms with Crippen LogP contribution in [-0.2, 0) is 17.8 Å². The Morgan fingerprint density at radius 3 is 2.79 bits per heavy atom. The summed E-state index contributed by atoms with van der Waals surface area (Å²) in [4.78, 5) is 8.96. The lowest BCUT2D eigenvalue weighted by Gasteiger charge is -2.20. The van der Waals surface area contributed by atoms with Crippen molar-refractivity contribution in [1.29, 1.82) is 0 Å². The number of aryl methyl sites for hydroxylation is 1. The van der Waals surface area contributed by atoms with Gasteiger partial charge in [0.15, 0.2) is 0 Å². The van der Waals surface area contributed by atoms with E-state index in [4.69, 9.17) is 4.74 Å². The fourth-order valence-corrected chi connectivity index (χ4v) is 1.86. The molecule has 0 radical (unpaired) electrons. The Balaban J connectivity index is 2.52. The molecule has 1 aliphatic heterocycles. The highest BCUT2D eigenvalue weighted by atomic mass is 16.5. The molecule has 14 heavy (non-hydrogen) atoms. The van der Waals surface area contributed by atoms with E-state index < -0.39 is 0 Å². The fraction of sp³-hybridized carbons (Fsp3) is 0.636. The first kappa shape index (κ1) is 9.59. The van der Waals surface area contributed by atoms with Gasteiger partial charge in [0.25, 0.3) is 0 Å². The third-order valence-electron chi connectivity index (χ3n) is 2.51. The lowest BCUT2D eigenvalue weighted by Crippen LogP contribution is -2.17. The summed E-state index contributed by atoms with van der Waals surface area (Å²) in [5, 5.41) is 0. The summed E-state index contributed by atoms with van der Waals surface area (Å²) in [5.74, 6) is 1.33. The van der Waals surface area contributed by atoms with Crippen molar-refractivity contribution < 1.29 is 4.74 Å². The molecule has 0 atom stereocenters. The van der Waals surface area contributed by atoms with Crippen LogP contribution in [0.5, 0.6) is 0 Å². The molecular formula is C11H16N2O. The molecule has 0 aromatic carbocycles. The van der Waals surface area contributed by atoms with Gasteiger partial charge in [0.2, 0.25) is 0 Å². The van der Waals surface area contributed by atoms with Crippen LogP contribution in [0.25, 0.3) is 0 Å². The number of hydrogen-bond donors (Lipinski definition) is 0. The van der Waals surface area contributed by atoms with E-state index in [-0.39, 0.29) is 0 Å². The molecule has 0 unspecified atom stereocenters. The number of nitrogens with zero attached hydrogens (tertiary/aromatic N) is 2. The number of fused-ring (bicyclic) bond motifs is 1. The van der Waals surface area contributed by atoms with Crippen LogP contribution in [0.2, 0.25) is 0 Å². The average Bonchev–Trinajstić information content (AvgIpc) is 2.16. The van der Waals surface area contributed by atoms with Crippen molar-refractivity contribution in [3.63, 3.8) is 0 Å². The van der Waals surface area contributed by atoms with Crippen molar-refractivity contribution in [1.82, 2.24) is 9.97 Å². The van der Waals surface area contributed by atoms with E-state index in [1.165, 1.54) is 11.3 Å². The van der Waals surface area contributed by atoms with Gasteiger partial charge in [-0.3, -0.25) is 0 Å². The van der Waals surface area contributed by atoms with Crippen LogP contribution in [0.15, 0.2) is 0 Å². The van der Waals surface area contributed by atoms with Gasteiger partial charge in [-0.15, -0.1) is 0 Å². The molecule has 0 spiro atoms. The third-order valence-corrected chi connectivity index (χ3v) is 2.51. The summed E-state index contributed by atoms with van der Waals surface area (Å²) in [5.41, 5.74) is 3.57. The van der Waals surface area contributed by atoms with Crippen molar-refractivity contribution in [2.24, 2.45) is 0 Å². The van der Waals surface area contributed by atoms with E-state index in [0.29, 0.717) is 12.5 Å². The number of aromatic nitrogens is 2. The first-order chi connectivity index (χ1) is 6.68. The summed E-state index contributed by atoms with van der Waals surface area (Å²) >= 11 is 0. The van der Waals surface area contributed by atoms with Gasteiger partial charge in [-0.1, -0.05) is 13.8 Å². The van der Waals surface area contributed by atoms with Crippen LogP contribution in [0, 0.1) is 6.92 Å². The van der Waals surface area contributed by atoms with Crippen LogP contribution < -0.4 is 0 Å². The molecule has 0 amide bonds. The third kappa shape index (κ3) is 1.64. The average molecular weight is 192 g/mol. The molecule has 1 aromatic rings. The number of rotatable bonds is 1. The Morgan fingerprint density at radius 2 is 2.07 bits per heavy atom. The Hall–Kier alpha value is -0.960. The van der Waals surface area contributed by atoms with Crippen LogP contribution in [0.1, 0.15) is 42.5 Å².